The Labute approximate surface area is 193 Å². The van der Waals surface area contributed by atoms with Crippen molar-refractivity contribution in [1.82, 2.24) is 4.57 Å². The smallest absolute Gasteiger partial charge is 0.106 e. The lowest BCUT2D eigenvalue weighted by Gasteiger charge is -2.24. The highest BCUT2D eigenvalue weighted by Crippen LogP contribution is 2.34. The summed E-state index contributed by atoms with van der Waals surface area (Å²) in [6, 6.07) is 15.7. The zero-order valence-corrected chi connectivity index (χ0v) is 20.2. The number of hydrogen-bond donors (Lipinski definition) is 0. The van der Waals surface area contributed by atoms with E-state index in [0.29, 0.717) is 10.0 Å². The van der Waals surface area contributed by atoms with Gasteiger partial charge in [-0.3, -0.25) is 0 Å². The Hall–Kier alpha value is -0.720. The summed E-state index contributed by atoms with van der Waals surface area (Å²) in [6.45, 7) is 3.06. The molecule has 0 saturated carbocycles. The second-order valence-electron chi connectivity index (χ2n) is 7.53. The topological polar surface area (TPSA) is 4.93 Å². The second kappa shape index (κ2) is 8.75. The van der Waals surface area contributed by atoms with Crippen LogP contribution in [0.25, 0.3) is 16.9 Å². The summed E-state index contributed by atoms with van der Waals surface area (Å²) in [5.41, 5.74) is 5.56. The van der Waals surface area contributed by atoms with E-state index >= 15 is 0 Å². The fraction of sp³-hybridized carbons (Fsp3) is 0.238. The molecule has 0 spiro atoms. The Kier molecular flexibility index (Phi) is 7.31. The van der Waals surface area contributed by atoms with Crippen LogP contribution in [0.4, 0.5) is 0 Å². The van der Waals surface area contributed by atoms with E-state index < -0.39 is 0 Å². The van der Waals surface area contributed by atoms with E-state index in [4.69, 9.17) is 34.8 Å². The van der Waals surface area contributed by atoms with Crippen LogP contribution >= 0.6 is 34.8 Å². The minimum atomic E-state index is 0. The number of nitrogens with zero attached hydrogens (tertiary/aromatic N) is 2. The van der Waals surface area contributed by atoms with Crippen molar-refractivity contribution in [1.29, 1.82) is 0 Å². The van der Waals surface area contributed by atoms with Gasteiger partial charge in [-0.2, -0.15) is 0 Å². The van der Waals surface area contributed by atoms with E-state index in [0.717, 1.165) is 33.0 Å². The molecule has 0 saturated heterocycles. The number of benzene rings is 2. The van der Waals surface area contributed by atoms with Crippen molar-refractivity contribution in [2.45, 2.75) is 13.5 Å². The van der Waals surface area contributed by atoms with Crippen molar-refractivity contribution in [3.8, 4) is 16.9 Å². The van der Waals surface area contributed by atoms with Crippen LogP contribution in [0.15, 0.2) is 48.5 Å². The molecule has 0 aliphatic heterocycles. The lowest BCUT2D eigenvalue weighted by molar-refractivity contribution is -0.884. The largest absolute Gasteiger partial charge is 1.00 e. The summed E-state index contributed by atoms with van der Waals surface area (Å²) in [7, 11) is 6.57. The third-order valence-electron chi connectivity index (χ3n) is 4.29. The van der Waals surface area contributed by atoms with Gasteiger partial charge in [-0.15, -0.1) is 0 Å². The highest BCUT2D eigenvalue weighted by Gasteiger charge is 2.20. The number of halogens is 4. The molecule has 1 heterocycles. The van der Waals surface area contributed by atoms with Crippen molar-refractivity contribution in [2.75, 3.05) is 21.1 Å². The Balaban J connectivity index is 0.00000261. The third-order valence-corrected chi connectivity index (χ3v) is 5.08. The lowest BCUT2D eigenvalue weighted by Crippen LogP contribution is -3.00. The van der Waals surface area contributed by atoms with Gasteiger partial charge in [0.15, 0.2) is 0 Å². The molecule has 3 rings (SSSR count). The first kappa shape index (κ1) is 22.6. The van der Waals surface area contributed by atoms with Gasteiger partial charge in [-0.05, 0) is 48.9 Å². The van der Waals surface area contributed by atoms with E-state index in [1.807, 2.05) is 36.4 Å². The Morgan fingerprint density at radius 1 is 0.852 bits per heavy atom. The molecule has 144 valence electrons. The molecule has 6 heteroatoms. The Morgan fingerprint density at radius 2 is 1.44 bits per heavy atom. The van der Waals surface area contributed by atoms with Crippen molar-refractivity contribution in [3.63, 3.8) is 0 Å². The molecule has 3 aromatic rings. The van der Waals surface area contributed by atoms with Crippen LogP contribution in [0.2, 0.25) is 15.1 Å². The fourth-order valence-corrected chi connectivity index (χ4v) is 3.75. The summed E-state index contributed by atoms with van der Waals surface area (Å²) in [4.78, 5) is 0. The SMILES string of the molecule is Cc1c(C[N+](C)(C)C)cc(-c2ccc(Cl)cc2)n1-c1ccc(Cl)cc1Cl.[I-]. The number of rotatable bonds is 4. The molecule has 0 atom stereocenters. The summed E-state index contributed by atoms with van der Waals surface area (Å²) < 4.78 is 3.05. The minimum absolute atomic E-state index is 0. The van der Waals surface area contributed by atoms with Gasteiger partial charge in [-0.25, -0.2) is 0 Å². The van der Waals surface area contributed by atoms with Crippen LogP contribution in [0.3, 0.4) is 0 Å². The Morgan fingerprint density at radius 3 is 2.00 bits per heavy atom. The van der Waals surface area contributed by atoms with Gasteiger partial charge in [0.25, 0.3) is 0 Å². The van der Waals surface area contributed by atoms with Gasteiger partial charge < -0.3 is 33.0 Å². The van der Waals surface area contributed by atoms with Gasteiger partial charge in [0, 0.05) is 21.3 Å². The summed E-state index contributed by atoms with van der Waals surface area (Å²) in [5, 5.41) is 1.98. The normalized spacial score (nSPS) is 11.4. The van der Waals surface area contributed by atoms with Crippen LogP contribution in [0.5, 0.6) is 0 Å². The zero-order valence-electron chi connectivity index (χ0n) is 15.7. The maximum absolute atomic E-state index is 6.53. The highest BCUT2D eigenvalue weighted by atomic mass is 127. The molecule has 1 aromatic heterocycles. The molecule has 0 fully saturated rings. The fourth-order valence-electron chi connectivity index (χ4n) is 3.14. The highest BCUT2D eigenvalue weighted by molar-refractivity contribution is 6.35. The third kappa shape index (κ3) is 5.21. The quantitative estimate of drug-likeness (QED) is 0.355. The Bertz CT molecular complexity index is 941. The van der Waals surface area contributed by atoms with Gasteiger partial charge in [0.05, 0.1) is 37.5 Å². The standard InChI is InChI=1S/C21H22Cl3N2.HI/c1-14-16(13-26(2,3)4)11-21(15-5-7-17(22)8-6-15)25(14)20-10-9-18(23)12-19(20)24;/h5-12H,13H2,1-4H3;1H/q+1;/p-1. The van der Waals surface area contributed by atoms with Gasteiger partial charge in [0.1, 0.15) is 6.54 Å². The van der Waals surface area contributed by atoms with Crippen LogP contribution in [0, 0.1) is 6.92 Å². The minimum Gasteiger partial charge on any atom is -1.00 e. The van der Waals surface area contributed by atoms with Crippen LogP contribution in [0.1, 0.15) is 11.3 Å². The lowest BCUT2D eigenvalue weighted by atomic mass is 10.1. The zero-order chi connectivity index (χ0) is 19.1. The van der Waals surface area contributed by atoms with Crippen molar-refractivity contribution < 1.29 is 28.5 Å². The maximum Gasteiger partial charge on any atom is 0.106 e. The molecule has 0 amide bonds. The first-order valence-electron chi connectivity index (χ1n) is 8.39. The molecular weight excluding hydrogens is 514 g/mol. The number of hydrogen-bond acceptors (Lipinski definition) is 0. The van der Waals surface area contributed by atoms with Crippen LogP contribution in [-0.2, 0) is 6.54 Å². The molecule has 0 radical (unpaired) electrons. The van der Waals surface area contributed by atoms with E-state index in [1.54, 1.807) is 6.07 Å². The van der Waals surface area contributed by atoms with Gasteiger partial charge >= 0.3 is 0 Å². The molecule has 0 bridgehead atoms. The van der Waals surface area contributed by atoms with Crippen molar-refractivity contribution >= 4 is 34.8 Å². The molecule has 27 heavy (non-hydrogen) atoms. The molecular formula is C21H22Cl3IN2. The number of aromatic nitrogens is 1. The van der Waals surface area contributed by atoms with Crippen molar-refractivity contribution in [2.24, 2.45) is 0 Å². The van der Waals surface area contributed by atoms with E-state index in [9.17, 15) is 0 Å². The molecule has 0 unspecified atom stereocenters. The second-order valence-corrected chi connectivity index (χ2v) is 8.81. The summed E-state index contributed by atoms with van der Waals surface area (Å²) in [6.07, 6.45) is 0. The summed E-state index contributed by atoms with van der Waals surface area (Å²) >= 11 is 18.7. The summed E-state index contributed by atoms with van der Waals surface area (Å²) in [5.74, 6) is 0. The van der Waals surface area contributed by atoms with E-state index in [1.165, 1.54) is 11.3 Å². The van der Waals surface area contributed by atoms with Gasteiger partial charge in [-0.1, -0.05) is 46.9 Å². The average Bonchev–Trinajstić information content (AvgIpc) is 2.83. The first-order valence-corrected chi connectivity index (χ1v) is 9.52. The monoisotopic (exact) mass is 534 g/mol. The van der Waals surface area contributed by atoms with E-state index in [2.05, 4.69) is 38.7 Å². The molecule has 2 nitrogen and oxygen atoms in total. The predicted octanol–water partition coefficient (Wildman–Crippen LogP) is 3.62. The van der Waals surface area contributed by atoms with Crippen LogP contribution in [-0.4, -0.2) is 30.2 Å². The molecule has 0 aliphatic rings. The van der Waals surface area contributed by atoms with Gasteiger partial charge in [0.2, 0.25) is 0 Å². The first-order chi connectivity index (χ1) is 12.2. The van der Waals surface area contributed by atoms with Crippen LogP contribution < -0.4 is 24.0 Å². The van der Waals surface area contributed by atoms with E-state index in [-0.39, 0.29) is 24.0 Å². The molecule has 2 aromatic carbocycles. The maximum atomic E-state index is 6.53. The predicted molar refractivity (Wildman–Crippen MR) is 113 cm³/mol. The van der Waals surface area contributed by atoms with Crippen molar-refractivity contribution in [3.05, 3.63) is 74.9 Å². The molecule has 0 N–H and O–H groups in total. The molecule has 0 aliphatic carbocycles. The average molecular weight is 536 g/mol. The number of quaternary nitrogens is 1.